The standard InChI is InChI=1S/C44H54BFN6O11S/c1-9-51-15-16-52(37(55)36(51)54)40(58)49-33(28-22-64-39(47-28)50-41(59)61-21-23-13-11-10-12-14-23)35(53)48-31(45-62-30-18-24-17-29(43(24,5)6)44(30,7)63-45)20-25-32(42(2,3)4)27(46)19-26(38(56)57)34(25)60-8/h10-14,19,22,24,29-31,33H,9,15-18,20-21H2,1-8H3,(H,48,53)(H,49,58)(H,56,57)(H,47,50,59)/t24?,29?,30?,31?,33?,44-/m0/s1. The fraction of sp³-hybridized carbons (Fsp3) is 0.523. The number of carbonyl (C=O) groups is 6. The molecule has 3 heterocycles. The third-order valence-electron chi connectivity index (χ3n) is 13.3. The van der Waals surface area contributed by atoms with Crippen LogP contribution in [0.1, 0.15) is 100 Å². The van der Waals surface area contributed by atoms with E-state index in [1.807, 2.05) is 13.0 Å². The van der Waals surface area contributed by atoms with Gasteiger partial charge < -0.3 is 39.4 Å². The second-order valence-electron chi connectivity index (χ2n) is 18.5. The zero-order valence-corrected chi connectivity index (χ0v) is 37.9. The SMILES string of the molecule is CCN1CCN(C(=O)NC(C(=O)NC(Cc2c(OC)c(C(=O)O)cc(F)c2C(C)(C)C)B2OC3CC4CC(C4(C)C)[C@]3(C)O2)c2csc(NC(=O)OCc3ccccc3)n2)C(=O)C1=O. The molecule has 20 heteroatoms. The number of ether oxygens (including phenoxy) is 2. The van der Waals surface area contributed by atoms with Crippen molar-refractivity contribution in [3.63, 3.8) is 0 Å². The van der Waals surface area contributed by atoms with E-state index in [4.69, 9.17) is 18.8 Å². The highest BCUT2D eigenvalue weighted by molar-refractivity contribution is 7.13. The number of halogens is 1. The van der Waals surface area contributed by atoms with E-state index in [9.17, 15) is 33.9 Å². The first kappa shape index (κ1) is 46.4. The van der Waals surface area contributed by atoms with Gasteiger partial charge in [0.05, 0.1) is 30.4 Å². The number of hydrogen-bond acceptors (Lipinski definition) is 12. The van der Waals surface area contributed by atoms with Crippen molar-refractivity contribution in [1.82, 2.24) is 25.4 Å². The zero-order valence-electron chi connectivity index (χ0n) is 37.1. The van der Waals surface area contributed by atoms with Crippen LogP contribution < -0.4 is 20.7 Å². The van der Waals surface area contributed by atoms with E-state index in [2.05, 4.69) is 34.8 Å². The second-order valence-corrected chi connectivity index (χ2v) is 19.4. The number of nitrogens with one attached hydrogen (secondary N) is 3. The van der Waals surface area contributed by atoms with Crippen LogP contribution in [0.3, 0.4) is 0 Å². The number of nitrogens with zero attached hydrogens (tertiary/aromatic N) is 3. The summed E-state index contributed by atoms with van der Waals surface area (Å²) in [7, 11) is 0.118. The van der Waals surface area contributed by atoms with Gasteiger partial charge in [-0.25, -0.2) is 23.8 Å². The topological polar surface area (TPSA) is 215 Å². The van der Waals surface area contributed by atoms with E-state index in [1.54, 1.807) is 52.0 Å². The Morgan fingerprint density at radius 3 is 2.44 bits per heavy atom. The summed E-state index contributed by atoms with van der Waals surface area (Å²) in [6, 6.07) is 7.19. The van der Waals surface area contributed by atoms with Crippen molar-refractivity contribution >= 4 is 59.4 Å². The van der Waals surface area contributed by atoms with Crippen LogP contribution in [0.25, 0.3) is 0 Å². The summed E-state index contributed by atoms with van der Waals surface area (Å²) in [4.78, 5) is 86.6. The number of aromatic nitrogens is 1. The summed E-state index contributed by atoms with van der Waals surface area (Å²) in [5.41, 5.74) is -1.16. The first-order valence-corrected chi connectivity index (χ1v) is 22.2. The average molecular weight is 905 g/mol. The van der Waals surface area contributed by atoms with Crippen molar-refractivity contribution in [2.75, 3.05) is 32.1 Å². The van der Waals surface area contributed by atoms with Gasteiger partial charge in [-0.15, -0.1) is 11.3 Å². The van der Waals surface area contributed by atoms with Crippen LogP contribution in [-0.4, -0.2) is 107 Å². The molecule has 17 nitrogen and oxygen atoms in total. The van der Waals surface area contributed by atoms with Crippen molar-refractivity contribution in [3.05, 3.63) is 75.5 Å². The minimum Gasteiger partial charge on any atom is -0.496 e. The Morgan fingerprint density at radius 1 is 1.08 bits per heavy atom. The Balaban J connectivity index is 1.24. The van der Waals surface area contributed by atoms with Gasteiger partial charge in [0.1, 0.15) is 23.7 Å². The Kier molecular flexibility index (Phi) is 12.9. The van der Waals surface area contributed by atoms with E-state index in [0.717, 1.165) is 29.4 Å². The van der Waals surface area contributed by atoms with E-state index >= 15 is 4.39 Å². The lowest BCUT2D eigenvalue weighted by atomic mass is 9.43. The number of methoxy groups -OCH3 is 1. The monoisotopic (exact) mass is 904 g/mol. The molecule has 5 fully saturated rings. The highest BCUT2D eigenvalue weighted by Gasteiger charge is 2.68. The van der Waals surface area contributed by atoms with Crippen LogP contribution in [-0.2, 0) is 46.9 Å². The van der Waals surface area contributed by atoms with E-state index in [-0.39, 0.29) is 77.8 Å². The van der Waals surface area contributed by atoms with Gasteiger partial charge in [0.15, 0.2) is 11.2 Å². The number of carboxylic acids is 1. The van der Waals surface area contributed by atoms with Crippen LogP contribution in [0.2, 0.25) is 0 Å². The quantitative estimate of drug-likeness (QED) is 0.124. The molecule has 6 atom stereocenters. The third-order valence-corrected chi connectivity index (χ3v) is 14.0. The lowest BCUT2D eigenvalue weighted by molar-refractivity contribution is -0.199. The summed E-state index contributed by atoms with van der Waals surface area (Å²) in [6.45, 7) is 13.5. The Labute approximate surface area is 374 Å². The number of anilines is 1. The molecule has 5 unspecified atom stereocenters. The number of carboxylic acid groups (broad SMARTS) is 1. The van der Waals surface area contributed by atoms with Crippen LogP contribution in [0, 0.1) is 23.1 Å². The Hall–Kier alpha value is -5.60. The van der Waals surface area contributed by atoms with Gasteiger partial charge in [0.25, 0.3) is 0 Å². The molecule has 5 aliphatic rings. The molecule has 4 N–H and O–H groups in total. The molecule has 0 spiro atoms. The first-order valence-electron chi connectivity index (χ1n) is 21.3. The highest BCUT2D eigenvalue weighted by Crippen LogP contribution is 2.65. The Morgan fingerprint density at radius 2 is 1.80 bits per heavy atom. The highest BCUT2D eigenvalue weighted by atomic mass is 32.1. The van der Waals surface area contributed by atoms with Gasteiger partial charge in [-0.2, -0.15) is 0 Å². The molecule has 8 rings (SSSR count). The van der Waals surface area contributed by atoms with Crippen molar-refractivity contribution in [2.24, 2.45) is 17.3 Å². The van der Waals surface area contributed by atoms with Crippen LogP contribution >= 0.6 is 11.3 Å². The minimum atomic E-state index is -1.66. The predicted molar refractivity (Wildman–Crippen MR) is 232 cm³/mol. The maximum Gasteiger partial charge on any atom is 0.482 e. The number of thiazole rings is 1. The van der Waals surface area contributed by atoms with Crippen molar-refractivity contribution < 1.29 is 57.0 Å². The lowest BCUT2D eigenvalue weighted by Crippen LogP contribution is -2.65. The van der Waals surface area contributed by atoms with Gasteiger partial charge >= 0.3 is 37.0 Å². The minimum absolute atomic E-state index is 0.0149. The van der Waals surface area contributed by atoms with Gasteiger partial charge in [0.2, 0.25) is 5.91 Å². The number of benzene rings is 2. The summed E-state index contributed by atoms with van der Waals surface area (Å²) >= 11 is 0.933. The smallest absolute Gasteiger partial charge is 0.482 e. The first-order chi connectivity index (χ1) is 30.2. The number of urea groups is 1. The zero-order chi connectivity index (χ0) is 46.5. The maximum absolute atomic E-state index is 16.2. The molecular weight excluding hydrogens is 850 g/mol. The molecule has 64 heavy (non-hydrogen) atoms. The molecule has 3 aromatic rings. The Bertz CT molecular complexity index is 2340. The molecule has 6 amide bonds. The summed E-state index contributed by atoms with van der Waals surface area (Å²) in [5.74, 6) is -5.88. The van der Waals surface area contributed by atoms with Crippen LogP contribution in [0.15, 0.2) is 41.8 Å². The van der Waals surface area contributed by atoms with Crippen molar-refractivity contribution in [2.45, 2.75) is 103 Å². The molecule has 3 saturated carbocycles. The van der Waals surface area contributed by atoms with E-state index in [1.165, 1.54) is 17.4 Å². The molecule has 2 saturated heterocycles. The van der Waals surface area contributed by atoms with Crippen molar-refractivity contribution in [3.8, 4) is 5.75 Å². The number of imide groups is 1. The molecule has 0 radical (unpaired) electrons. The van der Waals surface area contributed by atoms with Gasteiger partial charge in [-0.1, -0.05) is 65.0 Å². The molecule has 2 aliphatic heterocycles. The number of carbonyl (C=O) groups excluding carboxylic acids is 5. The lowest BCUT2D eigenvalue weighted by Gasteiger charge is -2.64. The van der Waals surface area contributed by atoms with E-state index in [0.29, 0.717) is 17.2 Å². The number of piperazine rings is 1. The predicted octanol–water partition coefficient (Wildman–Crippen LogP) is 5.47. The van der Waals surface area contributed by atoms with Crippen LogP contribution in [0.5, 0.6) is 5.75 Å². The summed E-state index contributed by atoms with van der Waals surface area (Å²) < 4.78 is 40.7. The molecule has 342 valence electrons. The number of likely N-dealkylation sites (N-methyl/N-ethyl adjacent to an activating group) is 1. The molecule has 1 aromatic heterocycles. The van der Waals surface area contributed by atoms with Crippen LogP contribution in [0.4, 0.5) is 19.1 Å². The van der Waals surface area contributed by atoms with Crippen molar-refractivity contribution in [1.29, 1.82) is 0 Å². The molecule has 2 aromatic carbocycles. The normalized spacial score (nSPS) is 23.4. The fourth-order valence-electron chi connectivity index (χ4n) is 9.82. The fourth-order valence-corrected chi connectivity index (χ4v) is 10.5. The average Bonchev–Trinajstić information content (AvgIpc) is 3.85. The van der Waals surface area contributed by atoms with E-state index < -0.39 is 77.3 Å². The summed E-state index contributed by atoms with van der Waals surface area (Å²) in [5, 5.41) is 19.7. The molecular formula is C44H54BFN6O11S. The molecule has 3 aliphatic carbocycles. The van der Waals surface area contributed by atoms with Gasteiger partial charge in [-0.05, 0) is 67.4 Å². The maximum atomic E-state index is 16.2. The van der Waals surface area contributed by atoms with Gasteiger partial charge in [-0.3, -0.25) is 24.6 Å². The van der Waals surface area contributed by atoms with Gasteiger partial charge in [0, 0.05) is 36.1 Å². The largest absolute Gasteiger partial charge is 0.496 e. The third kappa shape index (κ3) is 8.78. The second kappa shape index (κ2) is 17.8. The number of rotatable bonds is 13. The molecule has 2 bridgehead atoms. The number of hydrogen-bond donors (Lipinski definition) is 4. The number of aromatic carboxylic acids is 1. The number of amides is 6. The summed E-state index contributed by atoms with van der Waals surface area (Å²) in [6.07, 6.45) is 0.153.